The molecule has 21 heavy (non-hydrogen) atoms. The Labute approximate surface area is 116 Å². The third-order valence-electron chi connectivity index (χ3n) is 2.54. The Morgan fingerprint density at radius 1 is 1.43 bits per heavy atom. The van der Waals surface area contributed by atoms with Crippen LogP contribution in [-0.4, -0.2) is 36.8 Å². The van der Waals surface area contributed by atoms with Crippen LogP contribution in [0, 0.1) is 10.1 Å². The van der Waals surface area contributed by atoms with Crippen LogP contribution in [0.2, 0.25) is 0 Å². The summed E-state index contributed by atoms with van der Waals surface area (Å²) in [6.45, 7) is -1.57. The number of nitro benzene ring substituents is 1. The Balaban J connectivity index is 2.98. The third-order valence-corrected chi connectivity index (χ3v) is 2.54. The second-order valence-electron chi connectivity index (χ2n) is 3.95. The van der Waals surface area contributed by atoms with Crippen LogP contribution in [0.4, 0.5) is 28.9 Å². The number of benzene rings is 1. The van der Waals surface area contributed by atoms with Gasteiger partial charge in [-0.3, -0.25) is 14.9 Å². The smallest absolute Gasteiger partial charge is 0.324 e. The molecule has 1 amide bonds. The maximum atomic E-state index is 12.7. The lowest BCUT2D eigenvalue weighted by Gasteiger charge is -2.16. The summed E-state index contributed by atoms with van der Waals surface area (Å²) in [6.07, 6.45) is -3.92. The maximum Gasteiger partial charge on any atom is 0.324 e. The molecule has 6 nitrogen and oxygen atoms in total. The van der Waals surface area contributed by atoms with E-state index < -0.39 is 35.4 Å². The SMILES string of the molecule is CNc1c(C(=O)NCC(F)(F)C(F)F)cccc1[N+](=O)[O-]. The number of nitro groups is 1. The van der Waals surface area contributed by atoms with Crippen LogP contribution in [0.1, 0.15) is 10.4 Å². The number of halogens is 4. The van der Waals surface area contributed by atoms with Crippen LogP contribution in [0.15, 0.2) is 18.2 Å². The second kappa shape index (κ2) is 6.37. The number of carbonyl (C=O) groups excluding carboxylic acids is 1. The van der Waals surface area contributed by atoms with Gasteiger partial charge in [-0.1, -0.05) is 6.07 Å². The number of amides is 1. The van der Waals surface area contributed by atoms with Crippen LogP contribution in [-0.2, 0) is 0 Å². The highest BCUT2D eigenvalue weighted by atomic mass is 19.3. The number of alkyl halides is 4. The summed E-state index contributed by atoms with van der Waals surface area (Å²) in [5.74, 6) is -5.50. The van der Waals surface area contributed by atoms with E-state index in [9.17, 15) is 32.5 Å². The molecule has 0 aliphatic heterocycles. The van der Waals surface area contributed by atoms with Gasteiger partial charge in [0.05, 0.1) is 17.0 Å². The highest BCUT2D eigenvalue weighted by molar-refractivity contribution is 6.01. The van der Waals surface area contributed by atoms with E-state index in [2.05, 4.69) is 5.32 Å². The van der Waals surface area contributed by atoms with E-state index in [1.54, 1.807) is 5.32 Å². The molecule has 0 saturated carbocycles. The summed E-state index contributed by atoms with van der Waals surface area (Å²) in [4.78, 5) is 21.7. The molecule has 0 aromatic heterocycles. The lowest BCUT2D eigenvalue weighted by molar-refractivity contribution is -0.384. The van der Waals surface area contributed by atoms with Crippen molar-refractivity contribution in [2.45, 2.75) is 12.3 Å². The van der Waals surface area contributed by atoms with Crippen LogP contribution in [0.25, 0.3) is 0 Å². The monoisotopic (exact) mass is 309 g/mol. The number of hydrogen-bond donors (Lipinski definition) is 2. The minimum atomic E-state index is -4.38. The minimum absolute atomic E-state index is 0.194. The van der Waals surface area contributed by atoms with Gasteiger partial charge in [-0.15, -0.1) is 0 Å². The molecular formula is C11H11F4N3O3. The number of nitrogens with one attached hydrogen (secondary N) is 2. The van der Waals surface area contributed by atoms with Crippen molar-refractivity contribution in [3.8, 4) is 0 Å². The van der Waals surface area contributed by atoms with Crippen molar-refractivity contribution < 1.29 is 27.3 Å². The first kappa shape index (κ1) is 16.7. The predicted octanol–water partition coefficient (Wildman–Crippen LogP) is 2.27. The lowest BCUT2D eigenvalue weighted by Crippen LogP contribution is -2.41. The second-order valence-corrected chi connectivity index (χ2v) is 3.95. The molecule has 1 aromatic rings. The zero-order valence-corrected chi connectivity index (χ0v) is 10.7. The van der Waals surface area contributed by atoms with Gasteiger partial charge in [-0.2, -0.15) is 8.78 Å². The Hall–Kier alpha value is -2.39. The Bertz CT molecular complexity index is 552. The molecule has 0 saturated heterocycles. The van der Waals surface area contributed by atoms with Crippen LogP contribution in [0.5, 0.6) is 0 Å². The van der Waals surface area contributed by atoms with Crippen molar-refractivity contribution in [3.63, 3.8) is 0 Å². The molecule has 0 fully saturated rings. The number of nitrogens with zero attached hydrogens (tertiary/aromatic N) is 1. The van der Waals surface area contributed by atoms with Crippen LogP contribution in [0.3, 0.4) is 0 Å². The van der Waals surface area contributed by atoms with Gasteiger partial charge in [0.15, 0.2) is 0 Å². The van der Waals surface area contributed by atoms with E-state index in [1.165, 1.54) is 13.1 Å². The lowest BCUT2D eigenvalue weighted by atomic mass is 10.1. The van der Waals surface area contributed by atoms with Gasteiger partial charge in [-0.25, -0.2) is 8.78 Å². The minimum Gasteiger partial charge on any atom is -0.382 e. The van der Waals surface area contributed by atoms with Gasteiger partial charge in [0, 0.05) is 13.1 Å². The van der Waals surface area contributed by atoms with Gasteiger partial charge in [0.1, 0.15) is 5.69 Å². The van der Waals surface area contributed by atoms with E-state index in [4.69, 9.17) is 0 Å². The van der Waals surface area contributed by atoms with Gasteiger partial charge >= 0.3 is 12.3 Å². The van der Waals surface area contributed by atoms with E-state index in [0.29, 0.717) is 0 Å². The molecule has 1 aromatic carbocycles. The zero-order chi connectivity index (χ0) is 16.2. The summed E-state index contributed by atoms with van der Waals surface area (Å²) in [5.41, 5.74) is -0.928. The molecule has 0 aliphatic rings. The molecule has 0 radical (unpaired) electrons. The highest BCUT2D eigenvalue weighted by Crippen LogP contribution is 2.28. The van der Waals surface area contributed by atoms with E-state index >= 15 is 0 Å². The van der Waals surface area contributed by atoms with E-state index in [-0.39, 0.29) is 11.3 Å². The van der Waals surface area contributed by atoms with Crippen molar-refractivity contribution in [1.29, 1.82) is 0 Å². The summed E-state index contributed by atoms with van der Waals surface area (Å²) < 4.78 is 49.4. The largest absolute Gasteiger partial charge is 0.382 e. The van der Waals surface area contributed by atoms with E-state index in [1.807, 2.05) is 0 Å². The number of para-hydroxylation sites is 1. The average molecular weight is 309 g/mol. The summed E-state index contributed by atoms with van der Waals surface area (Å²) in [7, 11) is 1.30. The van der Waals surface area contributed by atoms with E-state index in [0.717, 1.165) is 12.1 Å². The number of rotatable bonds is 6. The summed E-state index contributed by atoms with van der Waals surface area (Å²) in [5, 5.41) is 14.8. The topological polar surface area (TPSA) is 84.3 Å². The number of hydrogen-bond acceptors (Lipinski definition) is 4. The molecule has 0 spiro atoms. The Morgan fingerprint density at radius 2 is 2.05 bits per heavy atom. The fourth-order valence-electron chi connectivity index (χ4n) is 1.51. The Kier molecular flexibility index (Phi) is 5.06. The average Bonchev–Trinajstić information content (AvgIpc) is 2.43. The standard InChI is InChI=1S/C11H11F4N3O3/c1-16-8-6(3-2-4-7(8)18(20)21)9(19)17-5-11(14,15)10(12)13/h2-4,10,16H,5H2,1H3,(H,17,19). The molecule has 0 atom stereocenters. The molecule has 116 valence electrons. The zero-order valence-electron chi connectivity index (χ0n) is 10.7. The van der Waals surface area contributed by atoms with Crippen molar-refractivity contribution >= 4 is 17.3 Å². The Morgan fingerprint density at radius 3 is 2.52 bits per heavy atom. The van der Waals surface area contributed by atoms with Crippen molar-refractivity contribution in [2.24, 2.45) is 0 Å². The van der Waals surface area contributed by atoms with Gasteiger partial charge in [0.2, 0.25) is 0 Å². The third kappa shape index (κ3) is 3.80. The molecule has 1 rings (SSSR count). The molecule has 10 heteroatoms. The van der Waals surface area contributed by atoms with Crippen molar-refractivity contribution in [1.82, 2.24) is 5.32 Å². The molecule has 2 N–H and O–H groups in total. The first-order valence-corrected chi connectivity index (χ1v) is 5.60. The molecule has 0 heterocycles. The fourth-order valence-corrected chi connectivity index (χ4v) is 1.51. The fraction of sp³-hybridized carbons (Fsp3) is 0.364. The van der Waals surface area contributed by atoms with Crippen LogP contribution >= 0.6 is 0 Å². The highest BCUT2D eigenvalue weighted by Gasteiger charge is 2.41. The first-order chi connectivity index (χ1) is 9.70. The maximum absolute atomic E-state index is 12.7. The normalized spacial score (nSPS) is 11.3. The van der Waals surface area contributed by atoms with Gasteiger partial charge in [-0.05, 0) is 6.07 Å². The molecule has 0 unspecified atom stereocenters. The molecule has 0 bridgehead atoms. The van der Waals surface area contributed by atoms with Gasteiger partial charge < -0.3 is 10.6 Å². The molecule has 0 aliphatic carbocycles. The van der Waals surface area contributed by atoms with Gasteiger partial charge in [0.25, 0.3) is 11.6 Å². The van der Waals surface area contributed by atoms with Crippen LogP contribution < -0.4 is 10.6 Å². The number of anilines is 1. The first-order valence-electron chi connectivity index (χ1n) is 5.60. The van der Waals surface area contributed by atoms with Crippen molar-refractivity contribution in [3.05, 3.63) is 33.9 Å². The predicted molar refractivity (Wildman–Crippen MR) is 65.9 cm³/mol. The van der Waals surface area contributed by atoms with Crippen molar-refractivity contribution in [2.75, 3.05) is 18.9 Å². The molecular weight excluding hydrogens is 298 g/mol. The number of carbonyl (C=O) groups is 1. The quantitative estimate of drug-likeness (QED) is 0.479. The summed E-state index contributed by atoms with van der Waals surface area (Å²) >= 11 is 0. The summed E-state index contributed by atoms with van der Waals surface area (Å²) in [6, 6.07) is 3.43.